The second-order valence-corrected chi connectivity index (χ2v) is 8.24. The lowest BCUT2D eigenvalue weighted by Crippen LogP contribution is -2.36. The van der Waals surface area contributed by atoms with E-state index in [0.29, 0.717) is 29.1 Å². The van der Waals surface area contributed by atoms with Gasteiger partial charge >= 0.3 is 0 Å². The number of halogens is 1. The standard InChI is InChI=1S/C16H18FN3O3S/c1-10-15(16(21)18-13-7-8-24(22,23)9-13)11(2)20(19-10)14-5-3-12(17)4-6-14/h3-6,13H,7-9H2,1-2H3,(H,18,21). The fourth-order valence-corrected chi connectivity index (χ4v) is 4.64. The third-order valence-corrected chi connectivity index (χ3v) is 5.93. The molecular formula is C16H18FN3O3S. The Hall–Kier alpha value is -2.22. The van der Waals surface area contributed by atoms with Crippen molar-refractivity contribution in [1.82, 2.24) is 15.1 Å². The first-order chi connectivity index (χ1) is 11.3. The number of carbonyl (C=O) groups is 1. The third-order valence-electron chi connectivity index (χ3n) is 4.16. The summed E-state index contributed by atoms with van der Waals surface area (Å²) in [6.07, 6.45) is 0.429. The lowest BCUT2D eigenvalue weighted by atomic mass is 10.1. The Bertz CT molecular complexity index is 888. The number of nitrogens with zero attached hydrogens (tertiary/aromatic N) is 2. The average Bonchev–Trinajstić information content (AvgIpc) is 2.99. The number of hydrogen-bond donors (Lipinski definition) is 1. The highest BCUT2D eigenvalue weighted by molar-refractivity contribution is 7.91. The van der Waals surface area contributed by atoms with Crippen LogP contribution in [0.1, 0.15) is 28.2 Å². The Kier molecular flexibility index (Phi) is 4.16. The summed E-state index contributed by atoms with van der Waals surface area (Å²) in [7, 11) is -3.06. The zero-order valence-electron chi connectivity index (χ0n) is 13.4. The summed E-state index contributed by atoms with van der Waals surface area (Å²) in [6.45, 7) is 3.47. The Morgan fingerprint density at radius 3 is 2.54 bits per heavy atom. The van der Waals surface area contributed by atoms with Gasteiger partial charge in [-0.2, -0.15) is 5.10 Å². The van der Waals surface area contributed by atoms with Gasteiger partial charge in [0.15, 0.2) is 9.84 Å². The summed E-state index contributed by atoms with van der Waals surface area (Å²) >= 11 is 0. The largest absolute Gasteiger partial charge is 0.348 e. The van der Waals surface area contributed by atoms with E-state index >= 15 is 0 Å². The maximum Gasteiger partial charge on any atom is 0.255 e. The number of aromatic nitrogens is 2. The lowest BCUT2D eigenvalue weighted by molar-refractivity contribution is 0.0940. The Balaban J connectivity index is 1.86. The Labute approximate surface area is 139 Å². The van der Waals surface area contributed by atoms with Crippen LogP contribution in [0.2, 0.25) is 0 Å². The molecule has 2 aromatic rings. The lowest BCUT2D eigenvalue weighted by Gasteiger charge is -2.11. The van der Waals surface area contributed by atoms with E-state index in [1.807, 2.05) is 0 Å². The Morgan fingerprint density at radius 1 is 1.29 bits per heavy atom. The average molecular weight is 351 g/mol. The quantitative estimate of drug-likeness (QED) is 0.910. The van der Waals surface area contributed by atoms with Gasteiger partial charge < -0.3 is 5.32 Å². The van der Waals surface area contributed by atoms with Crippen LogP contribution in [0.3, 0.4) is 0 Å². The van der Waals surface area contributed by atoms with Gasteiger partial charge in [0.25, 0.3) is 5.91 Å². The molecule has 0 aliphatic carbocycles. The molecule has 8 heteroatoms. The van der Waals surface area contributed by atoms with Crippen molar-refractivity contribution in [3.63, 3.8) is 0 Å². The molecule has 0 radical (unpaired) electrons. The maximum absolute atomic E-state index is 13.1. The maximum atomic E-state index is 13.1. The van der Waals surface area contributed by atoms with Crippen LogP contribution in [0.5, 0.6) is 0 Å². The van der Waals surface area contributed by atoms with Crippen LogP contribution in [0.4, 0.5) is 4.39 Å². The van der Waals surface area contributed by atoms with E-state index in [-0.39, 0.29) is 29.3 Å². The molecule has 1 aliphatic heterocycles. The van der Waals surface area contributed by atoms with Crippen LogP contribution in [0.15, 0.2) is 24.3 Å². The van der Waals surface area contributed by atoms with Gasteiger partial charge in [0.1, 0.15) is 5.82 Å². The minimum Gasteiger partial charge on any atom is -0.348 e. The molecule has 1 aromatic carbocycles. The molecule has 1 aromatic heterocycles. The highest BCUT2D eigenvalue weighted by Gasteiger charge is 2.30. The van der Waals surface area contributed by atoms with Crippen LogP contribution >= 0.6 is 0 Å². The Morgan fingerprint density at radius 2 is 1.96 bits per heavy atom. The summed E-state index contributed by atoms with van der Waals surface area (Å²) in [5.74, 6) is -0.602. The number of sulfone groups is 1. The first kappa shape index (κ1) is 16.6. The van der Waals surface area contributed by atoms with E-state index in [2.05, 4.69) is 10.4 Å². The van der Waals surface area contributed by atoms with Crippen LogP contribution in [-0.4, -0.2) is 41.7 Å². The summed E-state index contributed by atoms with van der Waals surface area (Å²) in [5, 5.41) is 7.12. The summed E-state index contributed by atoms with van der Waals surface area (Å²) < 4.78 is 37.7. The van der Waals surface area contributed by atoms with Crippen molar-refractivity contribution in [1.29, 1.82) is 0 Å². The van der Waals surface area contributed by atoms with Gasteiger partial charge in [0.05, 0.1) is 34.1 Å². The molecule has 0 saturated carbocycles. The van der Waals surface area contributed by atoms with Crippen molar-refractivity contribution in [3.05, 3.63) is 47.0 Å². The molecule has 1 N–H and O–H groups in total. The number of amides is 1. The van der Waals surface area contributed by atoms with Gasteiger partial charge in [-0.25, -0.2) is 17.5 Å². The molecule has 0 spiro atoms. The fourth-order valence-electron chi connectivity index (χ4n) is 2.97. The van der Waals surface area contributed by atoms with E-state index < -0.39 is 9.84 Å². The van der Waals surface area contributed by atoms with Crippen molar-refractivity contribution in [2.75, 3.05) is 11.5 Å². The minimum atomic E-state index is -3.06. The van der Waals surface area contributed by atoms with Crippen molar-refractivity contribution in [2.24, 2.45) is 0 Å². The van der Waals surface area contributed by atoms with Crippen molar-refractivity contribution in [3.8, 4) is 5.69 Å². The molecule has 1 amide bonds. The molecule has 1 atom stereocenters. The molecule has 1 unspecified atom stereocenters. The normalized spacial score (nSPS) is 19.4. The summed E-state index contributed by atoms with van der Waals surface area (Å²) in [4.78, 5) is 12.5. The zero-order chi connectivity index (χ0) is 17.5. The molecule has 6 nitrogen and oxygen atoms in total. The van der Waals surface area contributed by atoms with Crippen LogP contribution in [-0.2, 0) is 9.84 Å². The van der Waals surface area contributed by atoms with Crippen molar-refractivity contribution in [2.45, 2.75) is 26.3 Å². The number of carbonyl (C=O) groups excluding carboxylic acids is 1. The molecule has 1 aliphatic rings. The molecule has 3 rings (SSSR count). The summed E-state index contributed by atoms with van der Waals surface area (Å²) in [5.41, 5.74) is 2.23. The van der Waals surface area contributed by atoms with Crippen molar-refractivity contribution >= 4 is 15.7 Å². The van der Waals surface area contributed by atoms with Gasteiger partial charge in [-0.15, -0.1) is 0 Å². The van der Waals surface area contributed by atoms with Crippen LogP contribution < -0.4 is 5.32 Å². The van der Waals surface area contributed by atoms with E-state index in [1.165, 1.54) is 12.1 Å². The number of benzene rings is 1. The van der Waals surface area contributed by atoms with Gasteiger partial charge in [-0.05, 0) is 44.5 Å². The topological polar surface area (TPSA) is 81.1 Å². The first-order valence-corrected chi connectivity index (χ1v) is 9.42. The number of hydrogen-bond acceptors (Lipinski definition) is 4. The molecule has 128 valence electrons. The monoisotopic (exact) mass is 351 g/mol. The fraction of sp³-hybridized carbons (Fsp3) is 0.375. The molecule has 1 saturated heterocycles. The highest BCUT2D eigenvalue weighted by atomic mass is 32.2. The number of aryl methyl sites for hydroxylation is 1. The molecule has 1 fully saturated rings. The molecule has 2 heterocycles. The minimum absolute atomic E-state index is 0.0249. The van der Waals surface area contributed by atoms with Crippen LogP contribution in [0.25, 0.3) is 5.69 Å². The molecular weight excluding hydrogens is 333 g/mol. The third kappa shape index (κ3) is 3.19. The van der Waals surface area contributed by atoms with Crippen LogP contribution in [0, 0.1) is 19.7 Å². The van der Waals surface area contributed by atoms with E-state index in [0.717, 1.165) is 0 Å². The second kappa shape index (κ2) is 6.01. The first-order valence-electron chi connectivity index (χ1n) is 7.60. The summed E-state index contributed by atoms with van der Waals surface area (Å²) in [6, 6.07) is 5.46. The zero-order valence-corrected chi connectivity index (χ0v) is 14.2. The van der Waals surface area contributed by atoms with Crippen molar-refractivity contribution < 1.29 is 17.6 Å². The molecule has 0 bridgehead atoms. The van der Waals surface area contributed by atoms with Gasteiger partial charge in [-0.3, -0.25) is 4.79 Å². The van der Waals surface area contributed by atoms with Gasteiger partial charge in [0, 0.05) is 6.04 Å². The molecule has 24 heavy (non-hydrogen) atoms. The number of rotatable bonds is 3. The SMILES string of the molecule is Cc1nn(-c2ccc(F)cc2)c(C)c1C(=O)NC1CCS(=O)(=O)C1. The predicted molar refractivity (Wildman–Crippen MR) is 87.5 cm³/mol. The second-order valence-electron chi connectivity index (χ2n) is 6.01. The van der Waals surface area contributed by atoms with E-state index in [9.17, 15) is 17.6 Å². The van der Waals surface area contributed by atoms with E-state index in [4.69, 9.17) is 0 Å². The van der Waals surface area contributed by atoms with Gasteiger partial charge in [-0.1, -0.05) is 0 Å². The number of nitrogens with one attached hydrogen (secondary N) is 1. The predicted octanol–water partition coefficient (Wildman–Crippen LogP) is 1.55. The van der Waals surface area contributed by atoms with Gasteiger partial charge in [0.2, 0.25) is 0 Å². The smallest absolute Gasteiger partial charge is 0.255 e. The highest BCUT2D eigenvalue weighted by Crippen LogP contribution is 2.19. The van der Waals surface area contributed by atoms with E-state index in [1.54, 1.807) is 30.7 Å².